The van der Waals surface area contributed by atoms with E-state index in [-0.39, 0.29) is 29.3 Å². The number of nitrogens with zero attached hydrogens (tertiary/aromatic N) is 2. The molecular weight excluding hydrogens is 314 g/mol. The number of amides is 2. The van der Waals surface area contributed by atoms with E-state index in [1.54, 1.807) is 0 Å². The molecule has 1 heterocycles. The minimum atomic E-state index is -0.385. The number of β-lactam (4-membered cyclic amide) rings is 1. The molecular formula is C20H35N3O2. The third-order valence-corrected chi connectivity index (χ3v) is 6.72. The van der Waals surface area contributed by atoms with Crippen molar-refractivity contribution in [2.24, 2.45) is 5.41 Å². The lowest BCUT2D eigenvalue weighted by Crippen LogP contribution is -2.74. The van der Waals surface area contributed by atoms with Gasteiger partial charge in [0.05, 0.1) is 5.41 Å². The van der Waals surface area contributed by atoms with Crippen molar-refractivity contribution in [2.75, 3.05) is 20.1 Å². The average Bonchev–Trinajstić information content (AvgIpc) is 3.11. The van der Waals surface area contributed by atoms with E-state index >= 15 is 0 Å². The van der Waals surface area contributed by atoms with Gasteiger partial charge in [0.15, 0.2) is 0 Å². The number of hydrogen-bond acceptors (Lipinski definition) is 3. The molecule has 2 amide bonds. The van der Waals surface area contributed by atoms with Crippen LogP contribution in [0.3, 0.4) is 0 Å². The topological polar surface area (TPSA) is 52.7 Å². The maximum absolute atomic E-state index is 12.9. The number of carbonyl (C=O) groups is 2. The molecule has 3 rings (SSSR count). The molecule has 5 heteroatoms. The Labute approximate surface area is 152 Å². The van der Waals surface area contributed by atoms with Crippen molar-refractivity contribution in [1.29, 1.82) is 0 Å². The molecule has 142 valence electrons. The summed E-state index contributed by atoms with van der Waals surface area (Å²) in [7, 11) is 2.17. The number of rotatable bonds is 6. The van der Waals surface area contributed by atoms with Gasteiger partial charge in [0, 0.05) is 25.2 Å². The van der Waals surface area contributed by atoms with Crippen LogP contribution < -0.4 is 5.32 Å². The minimum Gasteiger partial charge on any atom is -0.353 e. The number of hydrogen-bond donors (Lipinski definition) is 1. The summed E-state index contributed by atoms with van der Waals surface area (Å²) in [5.41, 5.74) is -0.385. The average molecular weight is 350 g/mol. The summed E-state index contributed by atoms with van der Waals surface area (Å²) in [6.45, 7) is 5.60. The van der Waals surface area contributed by atoms with Crippen molar-refractivity contribution in [3.8, 4) is 0 Å². The lowest BCUT2D eigenvalue weighted by molar-refractivity contribution is -0.181. The number of nitrogens with one attached hydrogen (secondary N) is 1. The summed E-state index contributed by atoms with van der Waals surface area (Å²) in [5, 5.41) is 3.14. The Morgan fingerprint density at radius 2 is 1.84 bits per heavy atom. The van der Waals surface area contributed by atoms with Crippen LogP contribution in [0.5, 0.6) is 0 Å². The SMILES string of the molecule is CC(C)N1C(=O)C2(CCCC2)C1C(=O)NCCN(C)C1CCCCC1. The second kappa shape index (κ2) is 7.65. The van der Waals surface area contributed by atoms with E-state index in [1.807, 2.05) is 18.7 Å². The summed E-state index contributed by atoms with van der Waals surface area (Å²) in [4.78, 5) is 29.8. The van der Waals surface area contributed by atoms with Crippen LogP contribution in [-0.4, -0.2) is 59.9 Å². The molecule has 25 heavy (non-hydrogen) atoms. The molecule has 3 aliphatic rings. The summed E-state index contributed by atoms with van der Waals surface area (Å²) in [5.74, 6) is 0.270. The molecule has 1 aliphatic heterocycles. The fourth-order valence-electron chi connectivity index (χ4n) is 5.25. The van der Waals surface area contributed by atoms with Gasteiger partial charge in [-0.2, -0.15) is 0 Å². The van der Waals surface area contributed by atoms with E-state index in [9.17, 15) is 9.59 Å². The van der Waals surface area contributed by atoms with Gasteiger partial charge in [-0.25, -0.2) is 0 Å². The molecule has 0 radical (unpaired) electrons. The molecule has 1 saturated heterocycles. The predicted molar refractivity (Wildman–Crippen MR) is 99.2 cm³/mol. The molecule has 2 saturated carbocycles. The Balaban J connectivity index is 1.53. The van der Waals surface area contributed by atoms with E-state index in [1.165, 1.54) is 32.1 Å². The second-order valence-corrected chi connectivity index (χ2v) is 8.64. The highest BCUT2D eigenvalue weighted by molar-refractivity contribution is 6.02. The maximum atomic E-state index is 12.9. The molecule has 0 aromatic carbocycles. The zero-order chi connectivity index (χ0) is 18.0. The Morgan fingerprint density at radius 3 is 2.44 bits per heavy atom. The molecule has 0 aromatic heterocycles. The van der Waals surface area contributed by atoms with E-state index in [0.717, 1.165) is 32.2 Å². The Kier molecular flexibility index (Phi) is 5.71. The summed E-state index contributed by atoms with van der Waals surface area (Å²) in [6.07, 6.45) is 10.5. The molecule has 1 unspecified atom stereocenters. The highest BCUT2D eigenvalue weighted by atomic mass is 16.2. The Morgan fingerprint density at radius 1 is 1.20 bits per heavy atom. The third kappa shape index (κ3) is 3.44. The zero-order valence-electron chi connectivity index (χ0n) is 16.2. The molecule has 0 bridgehead atoms. The largest absolute Gasteiger partial charge is 0.353 e. The van der Waals surface area contributed by atoms with Crippen molar-refractivity contribution in [2.45, 2.75) is 89.8 Å². The highest BCUT2D eigenvalue weighted by Crippen LogP contribution is 2.52. The van der Waals surface area contributed by atoms with E-state index in [0.29, 0.717) is 12.6 Å². The Bertz CT molecular complexity index is 493. The van der Waals surface area contributed by atoms with E-state index < -0.39 is 0 Å². The lowest BCUT2D eigenvalue weighted by Gasteiger charge is -2.55. The fraction of sp³-hybridized carbons (Fsp3) is 0.900. The number of likely N-dealkylation sites (tertiary alicyclic amines) is 1. The molecule has 1 N–H and O–H groups in total. The standard InChI is InChI=1S/C20H35N3O2/c1-15(2)23-17(20(19(23)25)11-7-8-12-20)18(24)21-13-14-22(3)16-9-5-4-6-10-16/h15-17H,4-14H2,1-3H3,(H,21,24). The smallest absolute Gasteiger partial charge is 0.243 e. The van der Waals surface area contributed by atoms with Gasteiger partial charge in [-0.05, 0) is 46.6 Å². The minimum absolute atomic E-state index is 0.0623. The van der Waals surface area contributed by atoms with Gasteiger partial charge in [0.25, 0.3) is 0 Å². The van der Waals surface area contributed by atoms with Crippen LogP contribution in [0, 0.1) is 5.41 Å². The first-order valence-corrected chi connectivity index (χ1v) is 10.3. The monoisotopic (exact) mass is 349 g/mol. The van der Waals surface area contributed by atoms with Gasteiger partial charge in [-0.1, -0.05) is 32.1 Å². The summed E-state index contributed by atoms with van der Waals surface area (Å²) >= 11 is 0. The molecule has 0 aromatic rings. The fourth-order valence-corrected chi connectivity index (χ4v) is 5.25. The van der Waals surface area contributed by atoms with Crippen LogP contribution in [0.4, 0.5) is 0 Å². The van der Waals surface area contributed by atoms with Crippen LogP contribution in [0.25, 0.3) is 0 Å². The molecule has 1 atom stereocenters. The second-order valence-electron chi connectivity index (χ2n) is 8.64. The van der Waals surface area contributed by atoms with E-state index in [4.69, 9.17) is 0 Å². The number of likely N-dealkylation sites (N-methyl/N-ethyl adjacent to an activating group) is 1. The van der Waals surface area contributed by atoms with Crippen LogP contribution in [0.2, 0.25) is 0 Å². The highest BCUT2D eigenvalue weighted by Gasteiger charge is 2.64. The Hall–Kier alpha value is -1.10. The quantitative estimate of drug-likeness (QED) is 0.750. The molecule has 5 nitrogen and oxygen atoms in total. The van der Waals surface area contributed by atoms with Crippen LogP contribution in [-0.2, 0) is 9.59 Å². The van der Waals surface area contributed by atoms with Crippen molar-refractivity contribution in [1.82, 2.24) is 15.1 Å². The summed E-state index contributed by atoms with van der Waals surface area (Å²) < 4.78 is 0. The summed E-state index contributed by atoms with van der Waals surface area (Å²) in [6, 6.07) is 0.520. The van der Waals surface area contributed by atoms with Gasteiger partial charge < -0.3 is 15.1 Å². The van der Waals surface area contributed by atoms with Gasteiger partial charge in [0.1, 0.15) is 6.04 Å². The van der Waals surface area contributed by atoms with Crippen molar-refractivity contribution in [3.05, 3.63) is 0 Å². The van der Waals surface area contributed by atoms with Crippen molar-refractivity contribution in [3.63, 3.8) is 0 Å². The van der Waals surface area contributed by atoms with Gasteiger partial charge in [-0.3, -0.25) is 9.59 Å². The van der Waals surface area contributed by atoms with Crippen LogP contribution >= 0.6 is 0 Å². The molecule has 1 spiro atoms. The normalized spacial score (nSPS) is 26.5. The number of carbonyl (C=O) groups excluding carboxylic acids is 2. The lowest BCUT2D eigenvalue weighted by atomic mass is 9.68. The van der Waals surface area contributed by atoms with Crippen molar-refractivity contribution >= 4 is 11.8 Å². The first-order chi connectivity index (χ1) is 12.0. The predicted octanol–water partition coefficient (Wildman–Crippen LogP) is 2.55. The van der Waals surface area contributed by atoms with Crippen molar-refractivity contribution < 1.29 is 9.59 Å². The van der Waals surface area contributed by atoms with Crippen LogP contribution in [0.1, 0.15) is 71.6 Å². The zero-order valence-corrected chi connectivity index (χ0v) is 16.2. The van der Waals surface area contributed by atoms with Crippen LogP contribution in [0.15, 0.2) is 0 Å². The van der Waals surface area contributed by atoms with Gasteiger partial charge in [0.2, 0.25) is 11.8 Å². The van der Waals surface area contributed by atoms with Gasteiger partial charge >= 0.3 is 0 Å². The third-order valence-electron chi connectivity index (χ3n) is 6.72. The first-order valence-electron chi connectivity index (χ1n) is 10.3. The molecule has 2 aliphatic carbocycles. The van der Waals surface area contributed by atoms with Gasteiger partial charge in [-0.15, -0.1) is 0 Å². The first kappa shape index (κ1) is 18.7. The maximum Gasteiger partial charge on any atom is 0.243 e. The van der Waals surface area contributed by atoms with E-state index in [2.05, 4.69) is 17.3 Å². The molecule has 3 fully saturated rings.